The number of hydrogen-bond donors (Lipinski definition) is 1. The molecule has 5 heteroatoms. The number of nitrogens with zero attached hydrogens (tertiary/aromatic N) is 1. The Morgan fingerprint density at radius 3 is 3.22 bits per heavy atom. The summed E-state index contributed by atoms with van der Waals surface area (Å²) in [6.07, 6.45) is 6.07. The van der Waals surface area contributed by atoms with Crippen molar-refractivity contribution in [1.29, 1.82) is 0 Å². The molecule has 1 spiro atoms. The van der Waals surface area contributed by atoms with Crippen LogP contribution in [0.25, 0.3) is 0 Å². The quantitative estimate of drug-likeness (QED) is 0.844. The number of amides is 1. The second kappa shape index (κ2) is 5.49. The number of likely N-dealkylation sites (tertiary alicyclic amines) is 1. The van der Waals surface area contributed by atoms with Crippen LogP contribution in [-0.2, 0) is 4.74 Å². The second-order valence-electron chi connectivity index (χ2n) is 7.16. The molecule has 0 aliphatic carbocycles. The van der Waals surface area contributed by atoms with Gasteiger partial charge in [-0.15, -0.1) is 6.58 Å². The fourth-order valence-electron chi connectivity index (χ4n) is 4.78. The van der Waals surface area contributed by atoms with Crippen molar-refractivity contribution in [2.45, 2.75) is 31.5 Å². The topological polar surface area (TPSA) is 54.7 Å². The van der Waals surface area contributed by atoms with Crippen molar-refractivity contribution in [3.8, 4) is 0 Å². The highest BCUT2D eigenvalue weighted by Gasteiger charge is 2.62. The molecular weight excluding hydrogens is 292 g/mol. The van der Waals surface area contributed by atoms with E-state index in [9.17, 15) is 4.79 Å². The minimum atomic E-state index is -0.120. The van der Waals surface area contributed by atoms with Crippen LogP contribution in [0.1, 0.15) is 29.0 Å². The van der Waals surface area contributed by atoms with E-state index in [1.54, 1.807) is 6.26 Å². The first-order chi connectivity index (χ1) is 11.1. The van der Waals surface area contributed by atoms with Gasteiger partial charge in [0.25, 0.3) is 5.91 Å². The molecule has 0 unspecified atom stereocenters. The Morgan fingerprint density at radius 2 is 2.48 bits per heavy atom. The molecule has 3 aliphatic rings. The zero-order valence-corrected chi connectivity index (χ0v) is 13.6. The number of nitrogens with one attached hydrogen (secondary N) is 1. The molecule has 0 saturated carbocycles. The number of rotatable bonds is 5. The smallest absolute Gasteiger partial charge is 0.287 e. The average molecular weight is 316 g/mol. The van der Waals surface area contributed by atoms with Crippen molar-refractivity contribution in [2.24, 2.45) is 11.8 Å². The third-order valence-electron chi connectivity index (χ3n) is 5.81. The molecule has 3 fully saturated rings. The van der Waals surface area contributed by atoms with Crippen molar-refractivity contribution in [3.05, 3.63) is 36.3 Å². The van der Waals surface area contributed by atoms with Crippen LogP contribution in [0.2, 0.25) is 0 Å². The highest BCUT2D eigenvalue weighted by atomic mass is 16.5. The molecular formula is C18H24N2O3. The number of ether oxygens (including phenoxy) is 1. The van der Waals surface area contributed by atoms with Gasteiger partial charge in [-0.3, -0.25) is 9.69 Å². The summed E-state index contributed by atoms with van der Waals surface area (Å²) in [4.78, 5) is 14.7. The van der Waals surface area contributed by atoms with Crippen molar-refractivity contribution in [1.82, 2.24) is 10.2 Å². The average Bonchev–Trinajstić information content (AvgIpc) is 3.25. The van der Waals surface area contributed by atoms with Gasteiger partial charge < -0.3 is 14.5 Å². The van der Waals surface area contributed by atoms with Gasteiger partial charge in [-0.1, -0.05) is 6.08 Å². The van der Waals surface area contributed by atoms with E-state index >= 15 is 0 Å². The number of aryl methyl sites for hydroxylation is 1. The van der Waals surface area contributed by atoms with Gasteiger partial charge in [-0.25, -0.2) is 0 Å². The number of carbonyl (C=O) groups is 1. The predicted octanol–water partition coefficient (Wildman–Crippen LogP) is 1.98. The summed E-state index contributed by atoms with van der Waals surface area (Å²) in [6.45, 7) is 9.35. The summed E-state index contributed by atoms with van der Waals surface area (Å²) < 4.78 is 11.6. The van der Waals surface area contributed by atoms with Crippen molar-refractivity contribution < 1.29 is 13.9 Å². The first kappa shape index (κ1) is 15.0. The van der Waals surface area contributed by atoms with Gasteiger partial charge in [0.1, 0.15) is 0 Å². The molecule has 1 aromatic rings. The standard InChI is InChI=1S/C18H24N2O3/c1-3-7-20-10-14-13(15-4-6-18(14,11-20)23-15)9-19-17(21)16-12(2)5-8-22-16/h3,5,8,13-15H,1,4,6-7,9-11H2,2H3,(H,19,21)/t13-,14+,15+,18+/m0/s1. The minimum Gasteiger partial charge on any atom is -0.459 e. The molecule has 23 heavy (non-hydrogen) atoms. The molecule has 0 radical (unpaired) electrons. The maximum atomic E-state index is 12.3. The molecule has 124 valence electrons. The van der Waals surface area contributed by atoms with Gasteiger partial charge in [0, 0.05) is 43.6 Å². The minimum absolute atomic E-state index is 0.0175. The summed E-state index contributed by atoms with van der Waals surface area (Å²) in [5.41, 5.74) is 0.894. The van der Waals surface area contributed by atoms with E-state index in [4.69, 9.17) is 9.15 Å². The third-order valence-corrected chi connectivity index (χ3v) is 5.81. The number of carbonyl (C=O) groups excluding carboxylic acids is 1. The van der Waals surface area contributed by atoms with Gasteiger partial charge in [0.15, 0.2) is 5.76 Å². The molecule has 0 aromatic carbocycles. The third kappa shape index (κ3) is 2.34. The molecule has 4 atom stereocenters. The van der Waals surface area contributed by atoms with E-state index in [0.29, 0.717) is 30.2 Å². The SMILES string of the molecule is C=CCN1C[C@@H]2[C@H](CNC(=O)c3occc3C)[C@H]3CC[C@]2(C1)O3. The normalized spacial score (nSPS) is 35.4. The summed E-state index contributed by atoms with van der Waals surface area (Å²) >= 11 is 0. The van der Waals surface area contributed by atoms with E-state index < -0.39 is 0 Å². The monoisotopic (exact) mass is 316 g/mol. The lowest BCUT2D eigenvalue weighted by Gasteiger charge is -2.29. The highest BCUT2D eigenvalue weighted by molar-refractivity contribution is 5.92. The molecule has 1 amide bonds. The van der Waals surface area contributed by atoms with E-state index in [-0.39, 0.29) is 11.5 Å². The van der Waals surface area contributed by atoms with E-state index in [0.717, 1.165) is 38.0 Å². The largest absolute Gasteiger partial charge is 0.459 e. The molecule has 1 aromatic heterocycles. The first-order valence-electron chi connectivity index (χ1n) is 8.46. The molecule has 5 nitrogen and oxygen atoms in total. The van der Waals surface area contributed by atoms with E-state index in [1.807, 2.05) is 19.1 Å². The summed E-state index contributed by atoms with van der Waals surface area (Å²) in [5.74, 6) is 1.21. The van der Waals surface area contributed by atoms with Crippen LogP contribution < -0.4 is 5.32 Å². The number of furan rings is 1. The Balaban J connectivity index is 1.43. The predicted molar refractivity (Wildman–Crippen MR) is 86.2 cm³/mol. The molecule has 4 heterocycles. The fourth-order valence-corrected chi connectivity index (χ4v) is 4.78. The molecule has 3 aliphatic heterocycles. The Hall–Kier alpha value is -1.59. The van der Waals surface area contributed by atoms with Crippen LogP contribution in [-0.4, -0.2) is 48.7 Å². The molecule has 3 saturated heterocycles. The zero-order chi connectivity index (χ0) is 16.0. The number of hydrogen-bond acceptors (Lipinski definition) is 4. The van der Waals surface area contributed by atoms with Crippen LogP contribution in [0.15, 0.2) is 29.4 Å². The van der Waals surface area contributed by atoms with Crippen LogP contribution in [0, 0.1) is 18.8 Å². The summed E-state index contributed by atoms with van der Waals surface area (Å²) in [5, 5.41) is 3.06. The lowest BCUT2D eigenvalue weighted by molar-refractivity contribution is 0.00365. The first-order valence-corrected chi connectivity index (χ1v) is 8.46. The Bertz CT molecular complexity index is 626. The van der Waals surface area contributed by atoms with E-state index in [1.165, 1.54) is 0 Å². The van der Waals surface area contributed by atoms with Crippen molar-refractivity contribution in [2.75, 3.05) is 26.2 Å². The van der Waals surface area contributed by atoms with Gasteiger partial charge in [-0.2, -0.15) is 0 Å². The number of fused-ring (bicyclic) bond motifs is 1. The van der Waals surface area contributed by atoms with Gasteiger partial charge in [0.05, 0.1) is 18.0 Å². The summed E-state index contributed by atoms with van der Waals surface area (Å²) in [7, 11) is 0. The van der Waals surface area contributed by atoms with Crippen LogP contribution in [0.3, 0.4) is 0 Å². The zero-order valence-electron chi connectivity index (χ0n) is 13.6. The van der Waals surface area contributed by atoms with Gasteiger partial charge >= 0.3 is 0 Å². The van der Waals surface area contributed by atoms with E-state index in [2.05, 4.69) is 16.8 Å². The van der Waals surface area contributed by atoms with Crippen LogP contribution >= 0.6 is 0 Å². The van der Waals surface area contributed by atoms with Gasteiger partial charge in [0.2, 0.25) is 0 Å². The Morgan fingerprint density at radius 1 is 1.61 bits per heavy atom. The van der Waals surface area contributed by atoms with Crippen LogP contribution in [0.4, 0.5) is 0 Å². The maximum Gasteiger partial charge on any atom is 0.287 e. The second-order valence-corrected chi connectivity index (χ2v) is 7.16. The fraction of sp³-hybridized carbons (Fsp3) is 0.611. The molecule has 1 N–H and O–H groups in total. The maximum absolute atomic E-state index is 12.3. The lowest BCUT2D eigenvalue weighted by atomic mass is 9.73. The summed E-state index contributed by atoms with van der Waals surface area (Å²) in [6, 6.07) is 1.81. The van der Waals surface area contributed by atoms with Crippen molar-refractivity contribution >= 4 is 5.91 Å². The van der Waals surface area contributed by atoms with Gasteiger partial charge in [-0.05, 0) is 25.8 Å². The lowest BCUT2D eigenvalue weighted by Crippen LogP contribution is -2.41. The Kier molecular flexibility index (Phi) is 3.58. The highest BCUT2D eigenvalue weighted by Crippen LogP contribution is 2.54. The van der Waals surface area contributed by atoms with Crippen molar-refractivity contribution in [3.63, 3.8) is 0 Å². The Labute approximate surface area is 136 Å². The van der Waals surface area contributed by atoms with Crippen LogP contribution in [0.5, 0.6) is 0 Å². The molecule has 2 bridgehead atoms. The molecule has 4 rings (SSSR count).